The van der Waals surface area contributed by atoms with Crippen LogP contribution in [0.25, 0.3) is 0 Å². The minimum Gasteiger partial charge on any atom is -0.311 e. The summed E-state index contributed by atoms with van der Waals surface area (Å²) in [5.74, 6) is -0.159. The molecule has 82 valence electrons. The van der Waals surface area contributed by atoms with Crippen molar-refractivity contribution in [3.05, 3.63) is 17.7 Å². The highest BCUT2D eigenvalue weighted by molar-refractivity contribution is 8.13. The fraction of sp³-hybridized carbons (Fsp3) is 0.250. The number of anilines is 1. The molecule has 0 aliphatic carbocycles. The third kappa shape index (κ3) is 3.49. The molecule has 1 N–H and O–H groups in total. The summed E-state index contributed by atoms with van der Waals surface area (Å²) in [5, 5.41) is 2.11. The van der Waals surface area contributed by atoms with Crippen molar-refractivity contribution >= 4 is 31.5 Å². The van der Waals surface area contributed by atoms with Crippen molar-refractivity contribution in [2.75, 3.05) is 5.32 Å². The molecule has 1 aromatic rings. The highest BCUT2D eigenvalue weighted by Crippen LogP contribution is 2.17. The minimum absolute atomic E-state index is 0.168. The minimum atomic E-state index is -3.87. The quantitative estimate of drug-likeness (QED) is 0.800. The van der Waals surface area contributed by atoms with Gasteiger partial charge in [-0.05, 0) is 24.6 Å². The Balaban J connectivity index is 3.23. The van der Waals surface area contributed by atoms with Gasteiger partial charge in [-0.15, -0.1) is 0 Å². The average molecular weight is 249 g/mol. The molecule has 0 unspecified atom stereocenters. The molecule has 1 rings (SSSR count). The van der Waals surface area contributed by atoms with Crippen molar-refractivity contribution in [3.63, 3.8) is 0 Å². The lowest BCUT2D eigenvalue weighted by atomic mass is 10.3. The van der Waals surface area contributed by atoms with E-state index in [1.54, 1.807) is 13.0 Å². The first-order valence-electron chi connectivity index (χ1n) is 4.00. The van der Waals surface area contributed by atoms with Gasteiger partial charge in [-0.25, -0.2) is 13.4 Å². The van der Waals surface area contributed by atoms with E-state index in [0.29, 0.717) is 5.56 Å². The van der Waals surface area contributed by atoms with E-state index >= 15 is 0 Å². The van der Waals surface area contributed by atoms with E-state index in [1.807, 2.05) is 0 Å². The number of aromatic nitrogens is 1. The topological polar surface area (TPSA) is 76.1 Å². The smallest absolute Gasteiger partial charge is 0.278 e. The van der Waals surface area contributed by atoms with Gasteiger partial charge in [0.1, 0.15) is 5.82 Å². The molecule has 0 aliphatic heterocycles. The molecule has 0 atom stereocenters. The molecule has 0 aliphatic rings. The number of nitrogens with one attached hydrogen (secondary N) is 1. The molecule has 15 heavy (non-hydrogen) atoms. The molecule has 5 nitrogen and oxygen atoms in total. The van der Waals surface area contributed by atoms with Crippen LogP contribution in [0.1, 0.15) is 12.5 Å². The van der Waals surface area contributed by atoms with Crippen LogP contribution < -0.4 is 5.32 Å². The van der Waals surface area contributed by atoms with Crippen LogP contribution in [0.5, 0.6) is 0 Å². The van der Waals surface area contributed by atoms with E-state index in [4.69, 9.17) is 10.7 Å². The van der Waals surface area contributed by atoms with Crippen molar-refractivity contribution in [1.82, 2.24) is 4.98 Å². The van der Waals surface area contributed by atoms with E-state index in [1.165, 1.54) is 13.0 Å². The lowest BCUT2D eigenvalue weighted by Gasteiger charge is -2.04. The first-order chi connectivity index (χ1) is 6.79. The van der Waals surface area contributed by atoms with Crippen molar-refractivity contribution < 1.29 is 13.2 Å². The molecule has 0 saturated heterocycles. The zero-order chi connectivity index (χ0) is 11.6. The van der Waals surface area contributed by atoms with Gasteiger partial charge in [0.2, 0.25) is 5.91 Å². The summed E-state index contributed by atoms with van der Waals surface area (Å²) in [4.78, 5) is 14.4. The zero-order valence-electron chi connectivity index (χ0n) is 8.11. The highest BCUT2D eigenvalue weighted by Gasteiger charge is 2.13. The summed E-state index contributed by atoms with van der Waals surface area (Å²) in [6, 6.07) is 2.88. The van der Waals surface area contributed by atoms with Crippen LogP contribution in [0.2, 0.25) is 0 Å². The van der Waals surface area contributed by atoms with Crippen LogP contribution in [0.4, 0.5) is 5.82 Å². The van der Waals surface area contributed by atoms with Crippen molar-refractivity contribution in [1.29, 1.82) is 0 Å². The summed E-state index contributed by atoms with van der Waals surface area (Å²) in [5.41, 5.74) is 0.646. The largest absolute Gasteiger partial charge is 0.311 e. The van der Waals surface area contributed by atoms with Gasteiger partial charge in [-0.2, -0.15) is 0 Å². The number of amides is 1. The Hall–Kier alpha value is -1.14. The van der Waals surface area contributed by atoms with Gasteiger partial charge < -0.3 is 5.32 Å². The van der Waals surface area contributed by atoms with Crippen LogP contribution >= 0.6 is 10.7 Å². The lowest BCUT2D eigenvalue weighted by Crippen LogP contribution is -2.09. The number of hydrogen-bond acceptors (Lipinski definition) is 4. The fourth-order valence-corrected chi connectivity index (χ4v) is 1.78. The number of pyridine rings is 1. The monoisotopic (exact) mass is 248 g/mol. The summed E-state index contributed by atoms with van der Waals surface area (Å²) in [7, 11) is 1.26. The van der Waals surface area contributed by atoms with Crippen molar-refractivity contribution in [2.24, 2.45) is 0 Å². The number of carbonyl (C=O) groups excluding carboxylic acids is 1. The first-order valence-corrected chi connectivity index (χ1v) is 6.31. The predicted molar refractivity (Wildman–Crippen MR) is 56.3 cm³/mol. The Morgan fingerprint density at radius 2 is 2.07 bits per heavy atom. The molecule has 7 heteroatoms. The second-order valence-corrected chi connectivity index (χ2v) is 5.50. The molecule has 1 amide bonds. The molecule has 1 heterocycles. The standard InChI is InChI=1S/C8H9ClN2O3S/c1-5-3-7(10-6(2)12)11-8(4-5)15(9,13)14/h3-4H,1-2H3,(H,10,11,12). The fourth-order valence-electron chi connectivity index (χ4n) is 1.00. The van der Waals surface area contributed by atoms with E-state index < -0.39 is 9.05 Å². The van der Waals surface area contributed by atoms with E-state index in [2.05, 4.69) is 10.3 Å². The molecule has 0 aromatic carbocycles. The second-order valence-electron chi connectivity index (χ2n) is 2.99. The summed E-state index contributed by atoms with van der Waals surface area (Å²) >= 11 is 0. The van der Waals surface area contributed by atoms with E-state index in [0.717, 1.165) is 0 Å². The third-order valence-electron chi connectivity index (χ3n) is 1.50. The first kappa shape index (κ1) is 11.9. The summed E-state index contributed by atoms with van der Waals surface area (Å²) < 4.78 is 22.0. The molecule has 0 fully saturated rings. The molecule has 1 aromatic heterocycles. The Bertz CT molecular complexity index is 499. The maximum Gasteiger partial charge on any atom is 0.278 e. The Morgan fingerprint density at radius 1 is 1.47 bits per heavy atom. The number of hydrogen-bond donors (Lipinski definition) is 1. The molecular weight excluding hydrogens is 240 g/mol. The number of nitrogens with zero attached hydrogens (tertiary/aromatic N) is 1. The number of halogens is 1. The predicted octanol–water partition coefficient (Wildman–Crippen LogP) is 1.28. The second kappa shape index (κ2) is 4.16. The van der Waals surface area contributed by atoms with Crippen LogP contribution in [-0.2, 0) is 13.8 Å². The highest BCUT2D eigenvalue weighted by atomic mass is 35.7. The number of carbonyl (C=O) groups is 1. The number of rotatable bonds is 2. The van der Waals surface area contributed by atoms with Gasteiger partial charge in [0.15, 0.2) is 5.03 Å². The van der Waals surface area contributed by atoms with Gasteiger partial charge in [0, 0.05) is 17.6 Å². The maximum absolute atomic E-state index is 11.0. The Labute approximate surface area is 91.9 Å². The SMILES string of the molecule is CC(=O)Nc1cc(C)cc(S(=O)(=O)Cl)n1. The van der Waals surface area contributed by atoms with Crippen LogP contribution in [0.3, 0.4) is 0 Å². The summed E-state index contributed by atoms with van der Waals surface area (Å²) in [6.07, 6.45) is 0. The normalized spacial score (nSPS) is 11.1. The van der Waals surface area contributed by atoms with Crippen LogP contribution in [-0.4, -0.2) is 19.3 Å². The lowest BCUT2D eigenvalue weighted by molar-refractivity contribution is -0.114. The van der Waals surface area contributed by atoms with Crippen LogP contribution in [0.15, 0.2) is 17.2 Å². The number of aryl methyl sites for hydroxylation is 1. The van der Waals surface area contributed by atoms with Gasteiger partial charge >= 0.3 is 0 Å². The summed E-state index contributed by atoms with van der Waals surface area (Å²) in [6.45, 7) is 2.98. The Morgan fingerprint density at radius 3 is 2.53 bits per heavy atom. The molecule has 0 saturated carbocycles. The van der Waals surface area contributed by atoms with Gasteiger partial charge in [0.25, 0.3) is 9.05 Å². The van der Waals surface area contributed by atoms with Gasteiger partial charge in [-0.1, -0.05) is 0 Å². The van der Waals surface area contributed by atoms with Gasteiger partial charge in [-0.3, -0.25) is 4.79 Å². The van der Waals surface area contributed by atoms with Crippen molar-refractivity contribution in [2.45, 2.75) is 18.9 Å². The van der Waals surface area contributed by atoms with E-state index in [-0.39, 0.29) is 16.8 Å². The Kier molecular flexibility index (Phi) is 3.31. The maximum atomic E-state index is 11.0. The molecule has 0 radical (unpaired) electrons. The average Bonchev–Trinajstić information content (AvgIpc) is 1.99. The van der Waals surface area contributed by atoms with Gasteiger partial charge in [0.05, 0.1) is 0 Å². The van der Waals surface area contributed by atoms with E-state index in [9.17, 15) is 13.2 Å². The molecule has 0 bridgehead atoms. The molecular formula is C8H9ClN2O3S. The third-order valence-corrected chi connectivity index (χ3v) is 2.68. The molecule has 0 spiro atoms. The zero-order valence-corrected chi connectivity index (χ0v) is 9.69. The van der Waals surface area contributed by atoms with Crippen LogP contribution in [0, 0.1) is 6.92 Å². The van der Waals surface area contributed by atoms with Crippen molar-refractivity contribution in [3.8, 4) is 0 Å².